The number of rotatable bonds is 4. The highest BCUT2D eigenvalue weighted by molar-refractivity contribution is 6.30. The number of carbonyl (C=O) groups is 1. The molecule has 1 unspecified atom stereocenters. The average Bonchev–Trinajstić information content (AvgIpc) is 2.96. The van der Waals surface area contributed by atoms with Gasteiger partial charge in [-0.15, -0.1) is 0 Å². The van der Waals surface area contributed by atoms with Crippen molar-refractivity contribution in [2.75, 3.05) is 6.54 Å². The highest BCUT2D eigenvalue weighted by Crippen LogP contribution is 2.19. The lowest BCUT2D eigenvalue weighted by Crippen LogP contribution is -2.28. The SMILES string of the molecule is N#Cc1ccc(C(=O)NCC(O)c2ccc(Cl)c(F)c2)[nH]1. The average molecular weight is 308 g/mol. The zero-order chi connectivity index (χ0) is 15.4. The minimum atomic E-state index is -1.06. The van der Waals surface area contributed by atoms with Crippen LogP contribution in [0.5, 0.6) is 0 Å². The van der Waals surface area contributed by atoms with Gasteiger partial charge < -0.3 is 15.4 Å². The quantitative estimate of drug-likeness (QED) is 0.808. The number of H-pyrrole nitrogens is 1. The van der Waals surface area contributed by atoms with E-state index >= 15 is 0 Å². The Kier molecular flexibility index (Phi) is 4.58. The third-order valence-corrected chi connectivity index (χ3v) is 3.14. The lowest BCUT2D eigenvalue weighted by atomic mass is 10.1. The predicted octanol–water partition coefficient (Wildman–Crippen LogP) is 2.14. The molecule has 21 heavy (non-hydrogen) atoms. The third-order valence-electron chi connectivity index (χ3n) is 2.84. The first kappa shape index (κ1) is 15.0. The number of aromatic amines is 1. The molecule has 3 N–H and O–H groups in total. The second-order valence-corrected chi connectivity index (χ2v) is 4.70. The monoisotopic (exact) mass is 307 g/mol. The normalized spacial score (nSPS) is 11.7. The van der Waals surface area contributed by atoms with Crippen molar-refractivity contribution in [3.63, 3.8) is 0 Å². The highest BCUT2D eigenvalue weighted by Gasteiger charge is 2.13. The zero-order valence-corrected chi connectivity index (χ0v) is 11.5. The third kappa shape index (κ3) is 3.60. The van der Waals surface area contributed by atoms with Crippen LogP contribution in [0.25, 0.3) is 0 Å². The summed E-state index contributed by atoms with van der Waals surface area (Å²) >= 11 is 5.55. The summed E-state index contributed by atoms with van der Waals surface area (Å²) in [4.78, 5) is 14.4. The number of aliphatic hydroxyl groups is 1. The minimum Gasteiger partial charge on any atom is -0.387 e. The van der Waals surface area contributed by atoms with E-state index in [1.807, 2.05) is 6.07 Å². The van der Waals surface area contributed by atoms with Crippen molar-refractivity contribution >= 4 is 17.5 Å². The molecule has 0 fully saturated rings. The fourth-order valence-corrected chi connectivity index (χ4v) is 1.83. The first-order valence-corrected chi connectivity index (χ1v) is 6.39. The van der Waals surface area contributed by atoms with Crippen LogP contribution in [-0.2, 0) is 0 Å². The van der Waals surface area contributed by atoms with Gasteiger partial charge in [-0.3, -0.25) is 4.79 Å². The first-order valence-electron chi connectivity index (χ1n) is 6.01. The highest BCUT2D eigenvalue weighted by atomic mass is 35.5. The lowest BCUT2D eigenvalue weighted by Gasteiger charge is -2.12. The smallest absolute Gasteiger partial charge is 0.267 e. The molecule has 0 saturated carbocycles. The van der Waals surface area contributed by atoms with Crippen molar-refractivity contribution in [3.05, 3.63) is 58.1 Å². The maximum atomic E-state index is 13.3. The minimum absolute atomic E-state index is 0.0367. The molecular formula is C14H11ClFN3O2. The molecule has 1 atom stereocenters. The van der Waals surface area contributed by atoms with Crippen molar-refractivity contribution in [1.82, 2.24) is 10.3 Å². The van der Waals surface area contributed by atoms with Crippen molar-refractivity contribution in [1.29, 1.82) is 5.26 Å². The molecule has 0 saturated heterocycles. The molecule has 0 radical (unpaired) electrons. The van der Waals surface area contributed by atoms with Crippen LogP contribution >= 0.6 is 11.6 Å². The number of aliphatic hydroxyl groups excluding tert-OH is 1. The Morgan fingerprint density at radius 3 is 2.86 bits per heavy atom. The number of hydrogen-bond acceptors (Lipinski definition) is 3. The molecule has 1 aromatic carbocycles. The number of hydrogen-bond donors (Lipinski definition) is 3. The second kappa shape index (κ2) is 6.39. The number of carbonyl (C=O) groups excluding carboxylic acids is 1. The van der Waals surface area contributed by atoms with Gasteiger partial charge in [0, 0.05) is 6.54 Å². The van der Waals surface area contributed by atoms with E-state index in [4.69, 9.17) is 16.9 Å². The van der Waals surface area contributed by atoms with Gasteiger partial charge in [-0.2, -0.15) is 5.26 Å². The summed E-state index contributed by atoms with van der Waals surface area (Å²) in [5.74, 6) is -1.10. The Balaban J connectivity index is 1.97. The summed E-state index contributed by atoms with van der Waals surface area (Å²) in [6, 6.07) is 8.72. The Hall–Kier alpha value is -2.36. The number of amides is 1. The number of halogens is 2. The molecule has 1 heterocycles. The maximum Gasteiger partial charge on any atom is 0.267 e. The van der Waals surface area contributed by atoms with Gasteiger partial charge in [0.2, 0.25) is 0 Å². The van der Waals surface area contributed by atoms with Crippen LogP contribution in [-0.4, -0.2) is 22.5 Å². The van der Waals surface area contributed by atoms with Crippen molar-refractivity contribution < 1.29 is 14.3 Å². The van der Waals surface area contributed by atoms with Gasteiger partial charge in [-0.05, 0) is 29.8 Å². The van der Waals surface area contributed by atoms with E-state index < -0.39 is 17.8 Å². The Morgan fingerprint density at radius 1 is 1.48 bits per heavy atom. The van der Waals surface area contributed by atoms with Crippen molar-refractivity contribution in [2.24, 2.45) is 0 Å². The molecule has 1 aromatic heterocycles. The van der Waals surface area contributed by atoms with Crippen LogP contribution in [0, 0.1) is 17.1 Å². The van der Waals surface area contributed by atoms with Crippen LogP contribution in [0.4, 0.5) is 4.39 Å². The molecule has 7 heteroatoms. The van der Waals surface area contributed by atoms with E-state index in [-0.39, 0.29) is 23.0 Å². The van der Waals surface area contributed by atoms with Gasteiger partial charge in [0.25, 0.3) is 5.91 Å². The Morgan fingerprint density at radius 2 is 2.24 bits per heavy atom. The fourth-order valence-electron chi connectivity index (χ4n) is 1.71. The molecule has 2 aromatic rings. The molecule has 5 nitrogen and oxygen atoms in total. The Labute approximate surface area is 125 Å². The summed E-state index contributed by atoms with van der Waals surface area (Å²) in [6.45, 7) is -0.0964. The van der Waals surface area contributed by atoms with E-state index in [1.165, 1.54) is 24.3 Å². The van der Waals surface area contributed by atoms with Crippen LogP contribution in [0.2, 0.25) is 5.02 Å². The predicted molar refractivity (Wildman–Crippen MR) is 74.2 cm³/mol. The number of nitrogens with one attached hydrogen (secondary N) is 2. The van der Waals surface area contributed by atoms with Crippen molar-refractivity contribution in [3.8, 4) is 6.07 Å². The fraction of sp³-hybridized carbons (Fsp3) is 0.143. The van der Waals surface area contributed by atoms with Crippen LogP contribution in [0.1, 0.15) is 27.8 Å². The summed E-state index contributed by atoms with van der Waals surface area (Å²) in [6.07, 6.45) is -1.06. The number of benzene rings is 1. The largest absolute Gasteiger partial charge is 0.387 e. The second-order valence-electron chi connectivity index (χ2n) is 4.30. The van der Waals surface area contributed by atoms with Crippen LogP contribution in [0.3, 0.4) is 0 Å². The van der Waals surface area contributed by atoms with E-state index in [0.717, 1.165) is 6.07 Å². The first-order chi connectivity index (χ1) is 10.0. The van der Waals surface area contributed by atoms with Crippen LogP contribution < -0.4 is 5.32 Å². The standard InChI is InChI=1S/C14H11ClFN3O2/c15-10-3-1-8(5-11(10)16)13(20)7-18-14(21)12-4-2-9(6-17)19-12/h1-5,13,19-20H,7H2,(H,18,21). The molecule has 0 bridgehead atoms. The summed E-state index contributed by atoms with van der Waals surface area (Å²) < 4.78 is 13.3. The molecule has 108 valence electrons. The number of nitrogens with zero attached hydrogens (tertiary/aromatic N) is 1. The Bertz CT molecular complexity index is 708. The lowest BCUT2D eigenvalue weighted by molar-refractivity contribution is 0.0912. The van der Waals surface area contributed by atoms with Crippen LogP contribution in [0.15, 0.2) is 30.3 Å². The molecule has 0 aliphatic heterocycles. The topological polar surface area (TPSA) is 88.9 Å². The van der Waals surface area contributed by atoms with E-state index in [2.05, 4.69) is 10.3 Å². The van der Waals surface area contributed by atoms with Gasteiger partial charge in [-0.1, -0.05) is 17.7 Å². The molecule has 1 amide bonds. The molecule has 0 spiro atoms. The number of aromatic nitrogens is 1. The van der Waals surface area contributed by atoms with Gasteiger partial charge in [0.05, 0.1) is 11.1 Å². The summed E-state index contributed by atoms with van der Waals surface area (Å²) in [7, 11) is 0. The van der Waals surface area contributed by atoms with E-state index in [1.54, 1.807) is 0 Å². The summed E-state index contributed by atoms with van der Waals surface area (Å²) in [5.41, 5.74) is 0.780. The van der Waals surface area contributed by atoms with E-state index in [0.29, 0.717) is 5.56 Å². The molecule has 0 aliphatic rings. The van der Waals surface area contributed by atoms with Gasteiger partial charge in [0.15, 0.2) is 0 Å². The molecule has 2 rings (SSSR count). The summed E-state index contributed by atoms with van der Waals surface area (Å²) in [5, 5.41) is 21.0. The van der Waals surface area contributed by atoms with Gasteiger partial charge >= 0.3 is 0 Å². The van der Waals surface area contributed by atoms with Gasteiger partial charge in [0.1, 0.15) is 23.3 Å². The maximum absolute atomic E-state index is 13.3. The van der Waals surface area contributed by atoms with Gasteiger partial charge in [-0.25, -0.2) is 4.39 Å². The van der Waals surface area contributed by atoms with Crippen molar-refractivity contribution in [2.45, 2.75) is 6.10 Å². The molecular weight excluding hydrogens is 297 g/mol. The number of nitriles is 1. The zero-order valence-electron chi connectivity index (χ0n) is 10.7. The molecule has 0 aliphatic carbocycles. The van der Waals surface area contributed by atoms with E-state index in [9.17, 15) is 14.3 Å².